The molecule has 0 fully saturated rings. The van der Waals surface area contributed by atoms with E-state index in [9.17, 15) is 14.4 Å². The van der Waals surface area contributed by atoms with E-state index < -0.39 is 17.4 Å². The minimum Gasteiger partial charge on any atom is -0.497 e. The van der Waals surface area contributed by atoms with Crippen LogP contribution in [-0.4, -0.2) is 28.7 Å². The summed E-state index contributed by atoms with van der Waals surface area (Å²) in [6.45, 7) is 3.91. The van der Waals surface area contributed by atoms with Crippen LogP contribution in [0.1, 0.15) is 27.2 Å². The van der Waals surface area contributed by atoms with Gasteiger partial charge in [0.05, 0.1) is 7.11 Å². The second kappa shape index (κ2) is 9.71. The molecule has 8 nitrogen and oxygen atoms in total. The van der Waals surface area contributed by atoms with Gasteiger partial charge in [-0.25, -0.2) is 4.68 Å². The summed E-state index contributed by atoms with van der Waals surface area (Å²) in [5, 5.41) is 9.53. The van der Waals surface area contributed by atoms with Gasteiger partial charge in [0.15, 0.2) is 0 Å². The summed E-state index contributed by atoms with van der Waals surface area (Å²) in [7, 11) is 1.57. The van der Waals surface area contributed by atoms with E-state index in [0.717, 1.165) is 21.4 Å². The summed E-state index contributed by atoms with van der Waals surface area (Å²) in [5.41, 5.74) is 3.21. The highest BCUT2D eigenvalue weighted by Crippen LogP contribution is 2.15. The van der Waals surface area contributed by atoms with E-state index in [0.29, 0.717) is 11.4 Å². The predicted molar refractivity (Wildman–Crippen MR) is 117 cm³/mol. The van der Waals surface area contributed by atoms with E-state index in [1.807, 2.05) is 50.2 Å². The monoisotopic (exact) mass is 420 g/mol. The molecule has 2 aromatic carbocycles. The quantitative estimate of drug-likeness (QED) is 0.611. The lowest BCUT2D eigenvalue weighted by Crippen LogP contribution is -2.34. The molecule has 2 amide bonds. The molecule has 0 saturated heterocycles. The number of methoxy groups -OCH3 is 1. The Kier molecular flexibility index (Phi) is 6.81. The van der Waals surface area contributed by atoms with Gasteiger partial charge >= 0.3 is 0 Å². The summed E-state index contributed by atoms with van der Waals surface area (Å²) in [6.07, 6.45) is 0. The van der Waals surface area contributed by atoms with Gasteiger partial charge in [0.1, 0.15) is 18.0 Å². The Hall–Kier alpha value is -3.94. The molecule has 1 heterocycles. The van der Waals surface area contributed by atoms with Crippen LogP contribution in [0, 0.1) is 13.8 Å². The fourth-order valence-corrected chi connectivity index (χ4v) is 2.87. The first-order valence-corrected chi connectivity index (χ1v) is 9.72. The van der Waals surface area contributed by atoms with Crippen LogP contribution in [0.15, 0.2) is 59.4 Å². The van der Waals surface area contributed by atoms with E-state index in [1.54, 1.807) is 13.2 Å². The summed E-state index contributed by atoms with van der Waals surface area (Å²) >= 11 is 0. The summed E-state index contributed by atoms with van der Waals surface area (Å²) in [5.74, 6) is -0.176. The molecule has 0 radical (unpaired) electrons. The lowest BCUT2D eigenvalue weighted by Gasteiger charge is -2.10. The van der Waals surface area contributed by atoms with Gasteiger partial charge in [-0.1, -0.05) is 18.2 Å². The number of aromatic nitrogens is 2. The van der Waals surface area contributed by atoms with Gasteiger partial charge in [0.25, 0.3) is 11.5 Å². The van der Waals surface area contributed by atoms with E-state index in [4.69, 9.17) is 4.74 Å². The van der Waals surface area contributed by atoms with E-state index in [2.05, 4.69) is 15.7 Å². The second-order valence-corrected chi connectivity index (χ2v) is 7.10. The zero-order valence-electron chi connectivity index (χ0n) is 17.6. The van der Waals surface area contributed by atoms with Gasteiger partial charge in [-0.2, -0.15) is 5.10 Å². The molecule has 0 aliphatic carbocycles. The molecule has 1 aromatic heterocycles. The number of anilines is 1. The van der Waals surface area contributed by atoms with Crippen molar-refractivity contribution in [1.29, 1.82) is 0 Å². The number of ether oxygens (including phenoxy) is 1. The van der Waals surface area contributed by atoms with Crippen molar-refractivity contribution in [1.82, 2.24) is 15.1 Å². The molecule has 0 aliphatic rings. The minimum absolute atomic E-state index is 0.0402. The molecule has 2 N–H and O–H groups in total. The van der Waals surface area contributed by atoms with Crippen molar-refractivity contribution in [3.63, 3.8) is 0 Å². The van der Waals surface area contributed by atoms with Crippen LogP contribution in [0.3, 0.4) is 0 Å². The molecule has 8 heteroatoms. The van der Waals surface area contributed by atoms with Crippen molar-refractivity contribution in [3.8, 4) is 5.75 Å². The number of amides is 2. The molecule has 3 rings (SSSR count). The Morgan fingerprint density at radius 3 is 2.58 bits per heavy atom. The predicted octanol–water partition coefficient (Wildman–Crippen LogP) is 2.44. The number of nitrogens with one attached hydrogen (secondary N) is 2. The average Bonchev–Trinajstić information content (AvgIpc) is 2.76. The SMILES string of the molecule is COc1cccc(CNC(=O)Cn2nc(C(=O)Nc3ccc(C)c(C)c3)ccc2=O)c1. The molecule has 31 heavy (non-hydrogen) atoms. The van der Waals surface area contributed by atoms with Crippen molar-refractivity contribution in [2.75, 3.05) is 12.4 Å². The number of hydrogen-bond donors (Lipinski definition) is 2. The smallest absolute Gasteiger partial charge is 0.276 e. The number of carbonyl (C=O) groups is 2. The first-order valence-electron chi connectivity index (χ1n) is 9.72. The summed E-state index contributed by atoms with van der Waals surface area (Å²) in [6, 6.07) is 15.4. The maximum absolute atomic E-state index is 12.5. The van der Waals surface area contributed by atoms with Crippen LogP contribution in [-0.2, 0) is 17.9 Å². The lowest BCUT2D eigenvalue weighted by atomic mass is 10.1. The van der Waals surface area contributed by atoms with Crippen LogP contribution in [0.4, 0.5) is 5.69 Å². The Balaban J connectivity index is 1.65. The van der Waals surface area contributed by atoms with Crippen molar-refractivity contribution in [2.24, 2.45) is 0 Å². The lowest BCUT2D eigenvalue weighted by molar-refractivity contribution is -0.122. The highest BCUT2D eigenvalue weighted by molar-refractivity contribution is 6.02. The largest absolute Gasteiger partial charge is 0.497 e. The third kappa shape index (κ3) is 5.79. The molecule has 0 saturated carbocycles. The first kappa shape index (κ1) is 21.8. The highest BCUT2D eigenvalue weighted by Gasteiger charge is 2.12. The number of aryl methyl sites for hydroxylation is 2. The molecule has 0 aliphatic heterocycles. The Morgan fingerprint density at radius 2 is 1.84 bits per heavy atom. The average molecular weight is 420 g/mol. The summed E-state index contributed by atoms with van der Waals surface area (Å²) < 4.78 is 6.13. The zero-order valence-corrected chi connectivity index (χ0v) is 17.6. The number of carbonyl (C=O) groups excluding carboxylic acids is 2. The third-order valence-corrected chi connectivity index (χ3v) is 4.78. The Morgan fingerprint density at radius 1 is 1.03 bits per heavy atom. The van der Waals surface area contributed by atoms with Gasteiger partial charge in [-0.05, 0) is 60.9 Å². The minimum atomic E-state index is -0.473. The molecule has 160 valence electrons. The van der Waals surface area contributed by atoms with Crippen molar-refractivity contribution < 1.29 is 14.3 Å². The maximum Gasteiger partial charge on any atom is 0.276 e. The normalized spacial score (nSPS) is 10.4. The van der Waals surface area contributed by atoms with Gasteiger partial charge < -0.3 is 15.4 Å². The van der Waals surface area contributed by atoms with Gasteiger partial charge in [0, 0.05) is 18.3 Å². The Bertz CT molecular complexity index is 1170. The van der Waals surface area contributed by atoms with E-state index >= 15 is 0 Å². The third-order valence-electron chi connectivity index (χ3n) is 4.78. The van der Waals surface area contributed by atoms with Crippen molar-refractivity contribution >= 4 is 17.5 Å². The highest BCUT2D eigenvalue weighted by atomic mass is 16.5. The van der Waals surface area contributed by atoms with Gasteiger partial charge in [0.2, 0.25) is 5.91 Å². The zero-order chi connectivity index (χ0) is 22.4. The number of hydrogen-bond acceptors (Lipinski definition) is 5. The van der Waals surface area contributed by atoms with Crippen LogP contribution in [0.5, 0.6) is 5.75 Å². The van der Waals surface area contributed by atoms with Crippen molar-refractivity contribution in [3.05, 3.63) is 87.3 Å². The number of nitrogens with zero attached hydrogens (tertiary/aromatic N) is 2. The number of rotatable bonds is 7. The van der Waals surface area contributed by atoms with Crippen LogP contribution in [0.2, 0.25) is 0 Å². The molecule has 0 bridgehead atoms. The Labute approximate surface area is 179 Å². The topological polar surface area (TPSA) is 102 Å². The molecule has 0 atom stereocenters. The standard InChI is InChI=1S/C23H24N4O4/c1-15-7-8-18(11-16(15)2)25-23(30)20-9-10-22(29)27(26-20)14-21(28)24-13-17-5-4-6-19(12-17)31-3/h4-12H,13-14H2,1-3H3,(H,24,28)(H,25,30). The van der Waals surface area contributed by atoms with Crippen LogP contribution >= 0.6 is 0 Å². The maximum atomic E-state index is 12.5. The van der Waals surface area contributed by atoms with Crippen LogP contribution < -0.4 is 20.9 Å². The fraction of sp³-hybridized carbons (Fsp3) is 0.217. The van der Waals surface area contributed by atoms with Crippen LogP contribution in [0.25, 0.3) is 0 Å². The molecular formula is C23H24N4O4. The number of benzene rings is 2. The summed E-state index contributed by atoms with van der Waals surface area (Å²) in [4.78, 5) is 36.9. The molecule has 0 spiro atoms. The molecule has 3 aromatic rings. The first-order chi connectivity index (χ1) is 14.9. The second-order valence-electron chi connectivity index (χ2n) is 7.10. The van der Waals surface area contributed by atoms with E-state index in [-0.39, 0.29) is 18.8 Å². The molecular weight excluding hydrogens is 396 g/mol. The van der Waals surface area contributed by atoms with Gasteiger partial charge in [-0.15, -0.1) is 0 Å². The van der Waals surface area contributed by atoms with Gasteiger partial charge in [-0.3, -0.25) is 14.4 Å². The van der Waals surface area contributed by atoms with Crippen molar-refractivity contribution in [2.45, 2.75) is 26.9 Å². The molecule has 0 unspecified atom stereocenters. The van der Waals surface area contributed by atoms with E-state index in [1.165, 1.54) is 12.1 Å². The fourth-order valence-electron chi connectivity index (χ4n) is 2.87.